The van der Waals surface area contributed by atoms with Crippen molar-refractivity contribution in [3.05, 3.63) is 35.4 Å². The van der Waals surface area contributed by atoms with Crippen LogP contribution in [-0.2, 0) is 30.7 Å². The van der Waals surface area contributed by atoms with Gasteiger partial charge in [-0.15, -0.1) is 0 Å². The van der Waals surface area contributed by atoms with Gasteiger partial charge in [0.1, 0.15) is 0 Å². The molecule has 0 aliphatic carbocycles. The van der Waals surface area contributed by atoms with Gasteiger partial charge in [0.05, 0.1) is 6.42 Å². The van der Waals surface area contributed by atoms with Crippen molar-refractivity contribution in [3.63, 3.8) is 0 Å². The molecule has 0 fully saturated rings. The standard InChI is InChI=1S/C9H10O2.Zn/c1-7-3-2-4-8(5-7)6-9(10)11;/h2-5H,6H2,1H3,(H,10,11);. The van der Waals surface area contributed by atoms with E-state index in [0.29, 0.717) is 0 Å². The first-order chi connectivity index (χ1) is 5.18. The summed E-state index contributed by atoms with van der Waals surface area (Å²) in [5.74, 6) is -0.782. The van der Waals surface area contributed by atoms with Gasteiger partial charge in [-0.25, -0.2) is 0 Å². The molecular formula is C9H10O2Zn. The quantitative estimate of drug-likeness (QED) is 0.762. The van der Waals surface area contributed by atoms with Gasteiger partial charge in [-0.2, -0.15) is 0 Å². The molecule has 2 nitrogen and oxygen atoms in total. The van der Waals surface area contributed by atoms with E-state index in [1.807, 2.05) is 31.2 Å². The van der Waals surface area contributed by atoms with Gasteiger partial charge in [0, 0.05) is 19.5 Å². The summed E-state index contributed by atoms with van der Waals surface area (Å²) in [7, 11) is 0. The molecule has 3 heteroatoms. The molecule has 1 rings (SSSR count). The summed E-state index contributed by atoms with van der Waals surface area (Å²) in [4.78, 5) is 10.3. The van der Waals surface area contributed by atoms with Crippen LogP contribution in [0, 0.1) is 6.92 Å². The molecule has 0 heterocycles. The Bertz CT molecular complexity index is 271. The van der Waals surface area contributed by atoms with Gasteiger partial charge in [0.2, 0.25) is 0 Å². The van der Waals surface area contributed by atoms with Crippen LogP contribution in [0.25, 0.3) is 0 Å². The number of hydrogen-bond acceptors (Lipinski definition) is 1. The zero-order chi connectivity index (χ0) is 8.27. The third kappa shape index (κ3) is 3.63. The van der Waals surface area contributed by atoms with Crippen LogP contribution >= 0.6 is 0 Å². The summed E-state index contributed by atoms with van der Waals surface area (Å²) in [6.07, 6.45) is 0.113. The Balaban J connectivity index is 0.00000121. The third-order valence-corrected chi connectivity index (χ3v) is 1.44. The molecular weight excluding hydrogens is 205 g/mol. The van der Waals surface area contributed by atoms with Gasteiger partial charge < -0.3 is 5.11 Å². The second-order valence-corrected chi connectivity index (χ2v) is 2.56. The van der Waals surface area contributed by atoms with E-state index >= 15 is 0 Å². The molecule has 0 bridgehead atoms. The SMILES string of the molecule is Cc1cccc(CC(=O)O)c1.[Zn]. The van der Waals surface area contributed by atoms with Crippen molar-refractivity contribution >= 4 is 5.97 Å². The van der Waals surface area contributed by atoms with Gasteiger partial charge >= 0.3 is 5.97 Å². The number of benzene rings is 1. The minimum Gasteiger partial charge on any atom is -0.481 e. The molecule has 1 N–H and O–H groups in total. The monoisotopic (exact) mass is 214 g/mol. The average Bonchev–Trinajstić information content (AvgIpc) is 1.85. The molecule has 0 radical (unpaired) electrons. The average molecular weight is 216 g/mol. The molecule has 0 atom stereocenters. The van der Waals surface area contributed by atoms with Crippen LogP contribution in [0.1, 0.15) is 11.1 Å². The molecule has 1 aromatic rings. The number of rotatable bonds is 2. The molecule has 60 valence electrons. The fraction of sp³-hybridized carbons (Fsp3) is 0.222. The normalized spacial score (nSPS) is 8.75. The van der Waals surface area contributed by atoms with Gasteiger partial charge in [-0.3, -0.25) is 4.79 Å². The third-order valence-electron chi connectivity index (χ3n) is 1.44. The van der Waals surface area contributed by atoms with Crippen molar-refractivity contribution in [3.8, 4) is 0 Å². The second-order valence-electron chi connectivity index (χ2n) is 2.56. The molecule has 0 unspecified atom stereocenters. The zero-order valence-corrected chi connectivity index (χ0v) is 10.0. The van der Waals surface area contributed by atoms with Crippen molar-refractivity contribution in [2.24, 2.45) is 0 Å². The van der Waals surface area contributed by atoms with E-state index in [2.05, 4.69) is 0 Å². The Kier molecular flexibility index (Phi) is 4.76. The first-order valence-corrected chi connectivity index (χ1v) is 3.46. The van der Waals surface area contributed by atoms with Crippen LogP contribution in [0.2, 0.25) is 0 Å². The zero-order valence-electron chi connectivity index (χ0n) is 7.08. The van der Waals surface area contributed by atoms with Crippen LogP contribution < -0.4 is 0 Å². The van der Waals surface area contributed by atoms with E-state index in [0.717, 1.165) is 11.1 Å². The molecule has 12 heavy (non-hydrogen) atoms. The number of hydrogen-bond donors (Lipinski definition) is 1. The smallest absolute Gasteiger partial charge is 0.307 e. The van der Waals surface area contributed by atoms with Gasteiger partial charge in [0.25, 0.3) is 0 Å². The molecule has 0 aliphatic rings. The van der Waals surface area contributed by atoms with Crippen molar-refractivity contribution < 1.29 is 29.4 Å². The predicted octanol–water partition coefficient (Wildman–Crippen LogP) is 1.62. The molecule has 0 aliphatic heterocycles. The van der Waals surface area contributed by atoms with E-state index in [9.17, 15) is 4.79 Å². The van der Waals surface area contributed by atoms with Crippen molar-refractivity contribution in [2.45, 2.75) is 13.3 Å². The number of carboxylic acid groups (broad SMARTS) is 1. The summed E-state index contributed by atoms with van der Waals surface area (Å²) in [6.45, 7) is 1.95. The van der Waals surface area contributed by atoms with E-state index in [-0.39, 0.29) is 25.9 Å². The second kappa shape index (κ2) is 5.05. The molecule has 0 saturated heterocycles. The Morgan fingerprint density at radius 1 is 1.50 bits per heavy atom. The Labute approximate surface area is 84.4 Å². The Hall–Kier alpha value is -0.687. The van der Waals surface area contributed by atoms with Crippen molar-refractivity contribution in [2.75, 3.05) is 0 Å². The molecule has 0 spiro atoms. The number of carbonyl (C=O) groups is 1. The van der Waals surface area contributed by atoms with Crippen LogP contribution in [0.15, 0.2) is 24.3 Å². The van der Waals surface area contributed by atoms with E-state index < -0.39 is 5.97 Å². The van der Waals surface area contributed by atoms with E-state index in [1.54, 1.807) is 0 Å². The fourth-order valence-electron chi connectivity index (χ4n) is 0.997. The van der Waals surface area contributed by atoms with Crippen molar-refractivity contribution in [1.29, 1.82) is 0 Å². The minimum absolute atomic E-state index is 0. The largest absolute Gasteiger partial charge is 0.481 e. The Morgan fingerprint density at radius 2 is 2.17 bits per heavy atom. The topological polar surface area (TPSA) is 37.3 Å². The fourth-order valence-corrected chi connectivity index (χ4v) is 0.997. The van der Waals surface area contributed by atoms with Crippen molar-refractivity contribution in [1.82, 2.24) is 0 Å². The summed E-state index contributed by atoms with van der Waals surface area (Å²) < 4.78 is 0. The summed E-state index contributed by atoms with van der Waals surface area (Å²) in [6, 6.07) is 7.52. The van der Waals surface area contributed by atoms with E-state index in [4.69, 9.17) is 5.11 Å². The predicted molar refractivity (Wildman–Crippen MR) is 42.5 cm³/mol. The van der Waals surface area contributed by atoms with Gasteiger partial charge in [-0.1, -0.05) is 29.8 Å². The van der Waals surface area contributed by atoms with E-state index in [1.165, 1.54) is 0 Å². The summed E-state index contributed by atoms with van der Waals surface area (Å²) in [5, 5.41) is 8.46. The van der Waals surface area contributed by atoms with Crippen LogP contribution in [-0.4, -0.2) is 11.1 Å². The molecule has 1 aromatic carbocycles. The molecule has 0 amide bonds. The maximum atomic E-state index is 10.3. The number of aliphatic carboxylic acids is 1. The summed E-state index contributed by atoms with van der Waals surface area (Å²) >= 11 is 0. The van der Waals surface area contributed by atoms with Crippen LogP contribution in [0.3, 0.4) is 0 Å². The molecule has 0 saturated carbocycles. The van der Waals surface area contributed by atoms with Gasteiger partial charge in [0.15, 0.2) is 0 Å². The maximum absolute atomic E-state index is 10.3. The van der Waals surface area contributed by atoms with Crippen LogP contribution in [0.4, 0.5) is 0 Å². The first-order valence-electron chi connectivity index (χ1n) is 3.46. The first kappa shape index (κ1) is 11.3. The number of carboxylic acids is 1. The Morgan fingerprint density at radius 3 is 2.67 bits per heavy atom. The summed E-state index contributed by atoms with van der Waals surface area (Å²) in [5.41, 5.74) is 1.96. The maximum Gasteiger partial charge on any atom is 0.307 e. The molecule has 0 aromatic heterocycles. The van der Waals surface area contributed by atoms with Gasteiger partial charge in [-0.05, 0) is 12.5 Å². The van der Waals surface area contributed by atoms with Crippen LogP contribution in [0.5, 0.6) is 0 Å². The number of aryl methyl sites for hydroxylation is 1. The minimum atomic E-state index is -0.782.